The number of amides is 3. The molecule has 0 spiro atoms. The van der Waals surface area contributed by atoms with Crippen LogP contribution in [0.25, 0.3) is 0 Å². The van der Waals surface area contributed by atoms with Gasteiger partial charge in [-0.05, 0) is 12.1 Å². The number of fused-ring (bicyclic) bond motifs is 1. The molecule has 0 bridgehead atoms. The number of carbonyl (C=O) groups excluding carboxylic acids is 3. The fraction of sp³-hybridized carbons (Fsp3) is 0.409. The maximum absolute atomic E-state index is 12.5. The predicted octanol–water partition coefficient (Wildman–Crippen LogP) is -2.07. The van der Waals surface area contributed by atoms with Gasteiger partial charge in [-0.15, -0.1) is 0 Å². The van der Waals surface area contributed by atoms with Crippen molar-refractivity contribution in [2.24, 2.45) is 0 Å². The van der Waals surface area contributed by atoms with Crippen LogP contribution >= 0.6 is 0 Å². The van der Waals surface area contributed by atoms with Gasteiger partial charge in [-0.1, -0.05) is 12.1 Å². The van der Waals surface area contributed by atoms with Gasteiger partial charge in [0.25, 0.3) is 17.4 Å². The largest absolute Gasteiger partial charge is 0.387 e. The maximum Gasteiger partial charge on any atom is 0.330 e. The number of likely N-dealkylation sites (N-methyl/N-ethyl adjacent to an activating group) is 1. The number of rotatable bonds is 8. The molecule has 2 aromatic rings. The summed E-state index contributed by atoms with van der Waals surface area (Å²) >= 11 is 0. The van der Waals surface area contributed by atoms with Crippen LogP contribution in [-0.4, -0.2) is 98.9 Å². The lowest BCUT2D eigenvalue weighted by atomic mass is 10.1. The molecule has 35 heavy (non-hydrogen) atoms. The van der Waals surface area contributed by atoms with Crippen molar-refractivity contribution in [2.75, 3.05) is 33.4 Å². The van der Waals surface area contributed by atoms with Crippen LogP contribution in [0.3, 0.4) is 0 Å². The molecule has 186 valence electrons. The van der Waals surface area contributed by atoms with Crippen molar-refractivity contribution in [1.82, 2.24) is 19.4 Å². The number of carbonyl (C=O) groups is 3. The topological polar surface area (TPSA) is 171 Å². The zero-order valence-corrected chi connectivity index (χ0v) is 18.7. The third kappa shape index (κ3) is 4.79. The Morgan fingerprint density at radius 2 is 1.74 bits per heavy atom. The molecule has 3 N–H and O–H groups in total. The molecule has 0 aliphatic carbocycles. The van der Waals surface area contributed by atoms with Gasteiger partial charge < -0.3 is 24.6 Å². The summed E-state index contributed by atoms with van der Waals surface area (Å²) in [6.45, 7) is -0.394. The number of aliphatic hydroxyl groups excluding tert-OH is 2. The Morgan fingerprint density at radius 3 is 2.37 bits per heavy atom. The van der Waals surface area contributed by atoms with Crippen LogP contribution < -0.4 is 11.2 Å². The van der Waals surface area contributed by atoms with Crippen molar-refractivity contribution in [3.8, 4) is 0 Å². The average molecular weight is 488 g/mol. The van der Waals surface area contributed by atoms with E-state index in [1.165, 1.54) is 24.1 Å². The van der Waals surface area contributed by atoms with E-state index in [4.69, 9.17) is 9.47 Å². The SMILES string of the molecule is CN(CCOC[C@H]1O[C@@H](n2ccc(=O)[nH]c2=O)C(O)[C@H]1O)C(=O)CN1C(=O)c2ccccc2C1=O. The first kappa shape index (κ1) is 24.5. The molecule has 1 unspecified atom stereocenters. The number of benzene rings is 1. The van der Waals surface area contributed by atoms with Crippen molar-refractivity contribution in [2.45, 2.75) is 24.5 Å². The lowest BCUT2D eigenvalue weighted by Gasteiger charge is -2.21. The molecule has 3 heterocycles. The van der Waals surface area contributed by atoms with Gasteiger partial charge in [0, 0.05) is 25.9 Å². The second-order valence-corrected chi connectivity index (χ2v) is 8.20. The number of ether oxygens (including phenoxy) is 2. The molecular weight excluding hydrogens is 464 g/mol. The summed E-state index contributed by atoms with van der Waals surface area (Å²) in [6.07, 6.45) is -3.82. The molecule has 0 saturated carbocycles. The number of aromatic nitrogens is 2. The first-order chi connectivity index (χ1) is 16.7. The highest BCUT2D eigenvalue weighted by Crippen LogP contribution is 2.28. The molecular formula is C22H24N4O9. The Kier molecular flexibility index (Phi) is 6.93. The fourth-order valence-corrected chi connectivity index (χ4v) is 3.89. The number of aromatic amines is 1. The van der Waals surface area contributed by atoms with Crippen molar-refractivity contribution < 1.29 is 34.1 Å². The summed E-state index contributed by atoms with van der Waals surface area (Å²) in [7, 11) is 1.49. The van der Waals surface area contributed by atoms with Crippen molar-refractivity contribution in [3.63, 3.8) is 0 Å². The first-order valence-electron chi connectivity index (χ1n) is 10.8. The highest BCUT2D eigenvalue weighted by atomic mass is 16.6. The highest BCUT2D eigenvalue weighted by Gasteiger charge is 2.44. The molecule has 4 rings (SSSR count). The van der Waals surface area contributed by atoms with Crippen LogP contribution in [0, 0.1) is 0 Å². The quantitative estimate of drug-likeness (QED) is 0.279. The smallest absolute Gasteiger partial charge is 0.330 e. The molecule has 1 fully saturated rings. The minimum atomic E-state index is -1.43. The minimum absolute atomic E-state index is 0.0380. The summed E-state index contributed by atoms with van der Waals surface area (Å²) in [5, 5.41) is 20.5. The third-order valence-corrected chi connectivity index (χ3v) is 5.91. The van der Waals surface area contributed by atoms with Crippen LogP contribution in [0.5, 0.6) is 0 Å². The van der Waals surface area contributed by atoms with E-state index in [1.807, 2.05) is 4.98 Å². The second-order valence-electron chi connectivity index (χ2n) is 8.20. The second kappa shape index (κ2) is 9.92. The lowest BCUT2D eigenvalue weighted by molar-refractivity contribution is -0.131. The van der Waals surface area contributed by atoms with Crippen LogP contribution in [0.2, 0.25) is 0 Å². The van der Waals surface area contributed by atoms with Crippen molar-refractivity contribution in [3.05, 3.63) is 68.5 Å². The minimum Gasteiger partial charge on any atom is -0.387 e. The van der Waals surface area contributed by atoms with Crippen LogP contribution in [-0.2, 0) is 14.3 Å². The number of nitrogens with zero attached hydrogens (tertiary/aromatic N) is 3. The number of imide groups is 1. The van der Waals surface area contributed by atoms with Gasteiger partial charge in [-0.3, -0.25) is 33.6 Å². The molecule has 0 radical (unpaired) electrons. The molecule has 1 aromatic carbocycles. The van der Waals surface area contributed by atoms with Crippen molar-refractivity contribution >= 4 is 17.7 Å². The number of aliphatic hydroxyl groups is 2. The molecule has 1 saturated heterocycles. The van der Waals surface area contributed by atoms with Gasteiger partial charge >= 0.3 is 5.69 Å². The lowest BCUT2D eigenvalue weighted by Crippen LogP contribution is -2.42. The molecule has 2 aliphatic heterocycles. The van der Waals surface area contributed by atoms with E-state index in [-0.39, 0.29) is 30.9 Å². The van der Waals surface area contributed by atoms with E-state index >= 15 is 0 Å². The normalized spacial score (nSPS) is 23.6. The Morgan fingerprint density at radius 1 is 1.09 bits per heavy atom. The van der Waals surface area contributed by atoms with Gasteiger partial charge in [0.2, 0.25) is 5.91 Å². The van der Waals surface area contributed by atoms with Crippen LogP contribution in [0.15, 0.2) is 46.1 Å². The molecule has 3 amide bonds. The summed E-state index contributed by atoms with van der Waals surface area (Å²) in [4.78, 5) is 64.7. The molecule has 13 nitrogen and oxygen atoms in total. The van der Waals surface area contributed by atoms with Gasteiger partial charge in [-0.25, -0.2) is 4.79 Å². The zero-order chi connectivity index (χ0) is 25.3. The van der Waals surface area contributed by atoms with Gasteiger partial charge in [0.1, 0.15) is 24.9 Å². The van der Waals surface area contributed by atoms with Gasteiger partial charge in [0.05, 0.1) is 24.3 Å². The van der Waals surface area contributed by atoms with E-state index in [0.717, 1.165) is 21.7 Å². The average Bonchev–Trinajstić information content (AvgIpc) is 3.25. The van der Waals surface area contributed by atoms with Crippen LogP contribution in [0.4, 0.5) is 0 Å². The van der Waals surface area contributed by atoms with Gasteiger partial charge in [-0.2, -0.15) is 0 Å². The zero-order valence-electron chi connectivity index (χ0n) is 18.7. The molecule has 1 aromatic heterocycles. The Hall–Kier alpha value is -3.65. The third-order valence-electron chi connectivity index (χ3n) is 5.91. The Bertz CT molecular complexity index is 1220. The highest BCUT2D eigenvalue weighted by molar-refractivity contribution is 6.22. The number of hydrogen-bond donors (Lipinski definition) is 3. The summed E-state index contributed by atoms with van der Waals surface area (Å²) < 4.78 is 12.0. The van der Waals surface area contributed by atoms with Crippen molar-refractivity contribution in [1.29, 1.82) is 0 Å². The molecule has 2 aliphatic rings. The Balaban J connectivity index is 1.25. The predicted molar refractivity (Wildman–Crippen MR) is 118 cm³/mol. The monoisotopic (exact) mass is 488 g/mol. The first-order valence-corrected chi connectivity index (χ1v) is 10.8. The van der Waals surface area contributed by atoms with E-state index < -0.39 is 60.1 Å². The number of H-pyrrole nitrogens is 1. The van der Waals surface area contributed by atoms with Gasteiger partial charge in [0.15, 0.2) is 6.23 Å². The molecule has 13 heteroatoms. The standard InChI is InChI=1S/C22H24N4O9/c1-24(16(28)10-26-19(31)12-4-2-3-5-13(12)20(26)32)8-9-34-11-14-17(29)18(30)21(35-14)25-7-6-15(27)23-22(25)33/h2-7,14,17-18,21,29-30H,8-11H2,1H3,(H,23,27,33)/t14-,17+,18?,21-/m1/s1. The summed E-state index contributed by atoms with van der Waals surface area (Å²) in [6, 6.07) is 7.44. The summed E-state index contributed by atoms with van der Waals surface area (Å²) in [5.74, 6) is -1.51. The van der Waals surface area contributed by atoms with Crippen LogP contribution in [0.1, 0.15) is 26.9 Å². The van der Waals surface area contributed by atoms with E-state index in [0.29, 0.717) is 0 Å². The molecule has 4 atom stereocenters. The van der Waals surface area contributed by atoms with E-state index in [2.05, 4.69) is 0 Å². The fourth-order valence-electron chi connectivity index (χ4n) is 3.89. The Labute approximate surface area is 198 Å². The number of hydrogen-bond acceptors (Lipinski definition) is 9. The maximum atomic E-state index is 12.5. The van der Waals surface area contributed by atoms with E-state index in [1.54, 1.807) is 12.1 Å². The number of nitrogens with one attached hydrogen (secondary N) is 1. The van der Waals surface area contributed by atoms with E-state index in [9.17, 15) is 34.2 Å². The summed E-state index contributed by atoms with van der Waals surface area (Å²) in [5.41, 5.74) is -0.888.